The quantitative estimate of drug-likeness (QED) is 0.219. The molecule has 0 heterocycles. The van der Waals surface area contributed by atoms with Gasteiger partial charge in [0.2, 0.25) is 0 Å². The number of esters is 1. The standard InChI is InChI=1S/C20H24Cl2.C12H17NO3.C2H6/c1-4-8-15(5-2)20(3,16-9-6-11-18(21)13-16)17-10-7-12-19(22)14-17;1-2-7-16-12(15)11(13)8-9-3-5-10(14)6-4-9;1-2/h6-7,9-15H,4-5,8H2,1-3H3;3-6,11,14H,2,7-8,13H2,1H3;1-2H3. The molecule has 40 heavy (non-hydrogen) atoms. The summed E-state index contributed by atoms with van der Waals surface area (Å²) < 4.78 is 4.94. The van der Waals surface area contributed by atoms with E-state index in [4.69, 9.17) is 38.8 Å². The van der Waals surface area contributed by atoms with Gasteiger partial charge in [-0.2, -0.15) is 0 Å². The van der Waals surface area contributed by atoms with Crippen LogP contribution in [0.1, 0.15) is 83.9 Å². The molecule has 0 aliphatic heterocycles. The van der Waals surface area contributed by atoms with Crippen LogP contribution in [0.4, 0.5) is 0 Å². The first-order valence-electron chi connectivity index (χ1n) is 14.4. The zero-order valence-electron chi connectivity index (χ0n) is 24.9. The number of ether oxygens (including phenoxy) is 1. The first-order chi connectivity index (χ1) is 19.1. The van der Waals surface area contributed by atoms with Crippen molar-refractivity contribution in [1.82, 2.24) is 0 Å². The highest BCUT2D eigenvalue weighted by Crippen LogP contribution is 2.44. The SMILES string of the molecule is CC.CCCC(CC)C(C)(c1cccc(Cl)c1)c1cccc(Cl)c1.CCCOC(=O)C(N)Cc1ccc(O)cc1. The molecule has 2 atom stereocenters. The van der Waals surface area contributed by atoms with Crippen LogP contribution in [0.15, 0.2) is 72.8 Å². The van der Waals surface area contributed by atoms with Crippen molar-refractivity contribution in [3.8, 4) is 5.75 Å². The fraction of sp³-hybridized carbons (Fsp3) is 0.441. The number of phenols is 1. The van der Waals surface area contributed by atoms with Gasteiger partial charge >= 0.3 is 5.97 Å². The Hall–Kier alpha value is -2.53. The molecule has 6 heteroatoms. The minimum atomic E-state index is -0.643. The molecule has 0 amide bonds. The predicted molar refractivity (Wildman–Crippen MR) is 170 cm³/mol. The minimum Gasteiger partial charge on any atom is -0.508 e. The summed E-state index contributed by atoms with van der Waals surface area (Å²) in [5.41, 5.74) is 9.04. The molecule has 0 spiro atoms. The van der Waals surface area contributed by atoms with Crippen molar-refractivity contribution < 1.29 is 14.6 Å². The Kier molecular flexibility index (Phi) is 16.6. The van der Waals surface area contributed by atoms with Crippen LogP contribution < -0.4 is 5.73 Å². The highest BCUT2D eigenvalue weighted by Gasteiger charge is 2.36. The van der Waals surface area contributed by atoms with Crippen molar-refractivity contribution in [3.63, 3.8) is 0 Å². The van der Waals surface area contributed by atoms with E-state index in [1.54, 1.807) is 24.3 Å². The second-order valence-electron chi connectivity index (χ2n) is 9.76. The molecule has 3 rings (SSSR count). The zero-order valence-corrected chi connectivity index (χ0v) is 26.4. The molecule has 0 fully saturated rings. The lowest BCUT2D eigenvalue weighted by molar-refractivity contribution is -0.145. The highest BCUT2D eigenvalue weighted by molar-refractivity contribution is 6.31. The van der Waals surface area contributed by atoms with E-state index >= 15 is 0 Å². The summed E-state index contributed by atoms with van der Waals surface area (Å²) >= 11 is 12.5. The van der Waals surface area contributed by atoms with Crippen LogP contribution in [-0.4, -0.2) is 23.7 Å². The van der Waals surface area contributed by atoms with Gasteiger partial charge in [0.15, 0.2) is 0 Å². The maximum absolute atomic E-state index is 11.4. The molecule has 3 aromatic rings. The fourth-order valence-corrected chi connectivity index (χ4v) is 5.17. The number of carbonyl (C=O) groups excluding carboxylic acids is 1. The molecule has 0 radical (unpaired) electrons. The molecular formula is C34H47Cl2NO3. The van der Waals surface area contributed by atoms with Crippen molar-refractivity contribution >= 4 is 29.2 Å². The first-order valence-corrected chi connectivity index (χ1v) is 15.1. The minimum absolute atomic E-state index is 0.0828. The highest BCUT2D eigenvalue weighted by atomic mass is 35.5. The normalized spacial score (nSPS) is 12.2. The van der Waals surface area contributed by atoms with Gasteiger partial charge in [0, 0.05) is 15.5 Å². The van der Waals surface area contributed by atoms with E-state index in [0.29, 0.717) is 18.9 Å². The van der Waals surface area contributed by atoms with Gasteiger partial charge in [-0.1, -0.05) is 114 Å². The van der Waals surface area contributed by atoms with Crippen molar-refractivity contribution in [3.05, 3.63) is 99.5 Å². The average molecular weight is 589 g/mol. The monoisotopic (exact) mass is 587 g/mol. The number of hydrogen-bond donors (Lipinski definition) is 2. The van der Waals surface area contributed by atoms with E-state index in [2.05, 4.69) is 45.0 Å². The number of halogens is 2. The molecule has 0 aliphatic rings. The topological polar surface area (TPSA) is 72.5 Å². The Balaban J connectivity index is 0.000000394. The second-order valence-corrected chi connectivity index (χ2v) is 10.6. The van der Waals surface area contributed by atoms with E-state index in [1.807, 2.05) is 45.0 Å². The maximum Gasteiger partial charge on any atom is 0.323 e. The molecular weight excluding hydrogens is 541 g/mol. The zero-order chi connectivity index (χ0) is 30.1. The molecule has 0 aromatic heterocycles. The van der Waals surface area contributed by atoms with Crippen molar-refractivity contribution in [1.29, 1.82) is 0 Å². The van der Waals surface area contributed by atoms with E-state index in [0.717, 1.165) is 28.5 Å². The smallest absolute Gasteiger partial charge is 0.323 e. The third-order valence-corrected chi connectivity index (χ3v) is 7.41. The number of nitrogens with two attached hydrogens (primary N) is 1. The van der Waals surface area contributed by atoms with Crippen LogP contribution in [0.2, 0.25) is 10.0 Å². The Morgan fingerprint density at radius 3 is 1.85 bits per heavy atom. The lowest BCUT2D eigenvalue weighted by Crippen LogP contribution is -2.34. The molecule has 0 saturated carbocycles. The summed E-state index contributed by atoms with van der Waals surface area (Å²) in [6.07, 6.45) is 4.70. The molecule has 220 valence electrons. The largest absolute Gasteiger partial charge is 0.508 e. The van der Waals surface area contributed by atoms with Crippen LogP contribution in [0, 0.1) is 5.92 Å². The van der Waals surface area contributed by atoms with Gasteiger partial charge in [-0.25, -0.2) is 0 Å². The van der Waals surface area contributed by atoms with E-state index < -0.39 is 6.04 Å². The van der Waals surface area contributed by atoms with Gasteiger partial charge in [-0.3, -0.25) is 4.79 Å². The molecule has 3 N–H and O–H groups in total. The van der Waals surface area contributed by atoms with E-state index in [-0.39, 0.29) is 17.1 Å². The summed E-state index contributed by atoms with van der Waals surface area (Å²) in [7, 11) is 0. The van der Waals surface area contributed by atoms with Crippen molar-refractivity contribution in [2.24, 2.45) is 11.7 Å². The summed E-state index contributed by atoms with van der Waals surface area (Å²) in [6, 6.07) is 22.5. The summed E-state index contributed by atoms with van der Waals surface area (Å²) in [6.45, 7) is 13.2. The Bertz CT molecular complexity index is 1090. The Labute approximate surface area is 251 Å². The van der Waals surface area contributed by atoms with Crippen LogP contribution in [-0.2, 0) is 21.4 Å². The molecule has 3 aromatic carbocycles. The maximum atomic E-state index is 11.4. The summed E-state index contributed by atoms with van der Waals surface area (Å²) in [4.78, 5) is 11.4. The van der Waals surface area contributed by atoms with E-state index in [1.165, 1.54) is 24.0 Å². The number of hydrogen-bond acceptors (Lipinski definition) is 4. The Morgan fingerprint density at radius 2 is 1.43 bits per heavy atom. The van der Waals surface area contributed by atoms with Gasteiger partial charge in [-0.05, 0) is 78.3 Å². The number of benzene rings is 3. The van der Waals surface area contributed by atoms with Crippen LogP contribution in [0.5, 0.6) is 5.75 Å². The van der Waals surface area contributed by atoms with Gasteiger partial charge in [0.1, 0.15) is 11.8 Å². The summed E-state index contributed by atoms with van der Waals surface area (Å²) in [5.74, 6) is 0.371. The van der Waals surface area contributed by atoms with Crippen molar-refractivity contribution in [2.45, 2.75) is 85.1 Å². The van der Waals surface area contributed by atoms with E-state index in [9.17, 15) is 4.79 Å². The number of aromatic hydroxyl groups is 1. The third kappa shape index (κ3) is 10.8. The summed E-state index contributed by atoms with van der Waals surface area (Å²) in [5, 5.41) is 10.7. The first kappa shape index (κ1) is 35.5. The fourth-order valence-electron chi connectivity index (χ4n) is 4.79. The van der Waals surface area contributed by atoms with Gasteiger partial charge in [-0.15, -0.1) is 0 Å². The van der Waals surface area contributed by atoms with Crippen LogP contribution in [0.3, 0.4) is 0 Å². The number of carbonyl (C=O) groups is 1. The van der Waals surface area contributed by atoms with Gasteiger partial charge < -0.3 is 15.6 Å². The van der Waals surface area contributed by atoms with Gasteiger partial charge in [0.05, 0.1) is 6.61 Å². The second kappa shape index (κ2) is 18.7. The van der Waals surface area contributed by atoms with Gasteiger partial charge in [0.25, 0.3) is 0 Å². The van der Waals surface area contributed by atoms with Crippen LogP contribution in [0.25, 0.3) is 0 Å². The predicted octanol–water partition coefficient (Wildman–Crippen LogP) is 9.37. The lowest BCUT2D eigenvalue weighted by Gasteiger charge is -2.39. The number of rotatable bonds is 11. The van der Waals surface area contributed by atoms with Crippen molar-refractivity contribution in [2.75, 3.05) is 6.61 Å². The molecule has 4 nitrogen and oxygen atoms in total. The van der Waals surface area contributed by atoms with Crippen LogP contribution >= 0.6 is 23.2 Å². The average Bonchev–Trinajstić information content (AvgIpc) is 2.96. The molecule has 0 bridgehead atoms. The molecule has 0 saturated heterocycles. The number of phenolic OH excluding ortho intramolecular Hbond substituents is 1. The molecule has 2 unspecified atom stereocenters. The molecule has 0 aliphatic carbocycles. The third-order valence-electron chi connectivity index (χ3n) is 6.94. The lowest BCUT2D eigenvalue weighted by atomic mass is 9.65. The Morgan fingerprint density at radius 1 is 0.900 bits per heavy atom.